The third kappa shape index (κ3) is 4.89. The van der Waals surface area contributed by atoms with Crippen molar-refractivity contribution >= 4 is 40.9 Å². The Balaban J connectivity index is 0.00000243. The summed E-state index contributed by atoms with van der Waals surface area (Å²) in [6.07, 6.45) is 3.64. The van der Waals surface area contributed by atoms with E-state index in [1.165, 1.54) is 34.2 Å². The van der Waals surface area contributed by atoms with Gasteiger partial charge >= 0.3 is 6.03 Å². The molecule has 0 spiro atoms. The van der Waals surface area contributed by atoms with Crippen molar-refractivity contribution in [1.82, 2.24) is 15.3 Å². The van der Waals surface area contributed by atoms with Crippen LogP contribution in [0.5, 0.6) is 0 Å². The van der Waals surface area contributed by atoms with Crippen LogP contribution in [0.4, 0.5) is 10.6 Å². The minimum atomic E-state index is -0.599. The van der Waals surface area contributed by atoms with Crippen LogP contribution >= 0.6 is 23.1 Å². The van der Waals surface area contributed by atoms with Gasteiger partial charge in [-0.2, -0.15) is 17.1 Å². The summed E-state index contributed by atoms with van der Waals surface area (Å²) in [5.41, 5.74) is 0.685. The van der Waals surface area contributed by atoms with Crippen molar-refractivity contribution in [2.75, 3.05) is 10.7 Å². The first-order chi connectivity index (χ1) is 12.1. The molecule has 3 rings (SSSR count). The topological polar surface area (TPSA) is 95.4 Å². The number of urea groups is 1. The number of thioether (sulfide) groups is 1. The molecular formula is C16H17N4O3S2Y-. The molecule has 26 heavy (non-hydrogen) atoms. The van der Waals surface area contributed by atoms with Gasteiger partial charge in [-0.3, -0.25) is 15.0 Å². The SMILES string of the molecule is CCC(O)c1ccc(N2C(=O)NC(=O)C2CCSc2nc[c-]s2)nc1.[Y]. The van der Waals surface area contributed by atoms with Crippen LogP contribution in [-0.4, -0.2) is 38.8 Å². The molecule has 2 atom stereocenters. The van der Waals surface area contributed by atoms with Crippen LogP contribution < -0.4 is 10.2 Å². The number of hydrogen-bond acceptors (Lipinski definition) is 7. The number of pyridine rings is 1. The molecule has 1 aliphatic heterocycles. The molecule has 0 saturated carbocycles. The van der Waals surface area contributed by atoms with Gasteiger partial charge < -0.3 is 21.4 Å². The zero-order valence-electron chi connectivity index (χ0n) is 14.1. The molecule has 135 valence electrons. The molecule has 2 N–H and O–H groups in total. The van der Waals surface area contributed by atoms with Gasteiger partial charge in [-0.1, -0.05) is 19.2 Å². The van der Waals surface area contributed by atoms with E-state index in [9.17, 15) is 14.7 Å². The molecule has 1 radical (unpaired) electrons. The fourth-order valence-electron chi connectivity index (χ4n) is 2.51. The second kappa shape index (κ2) is 9.89. The summed E-state index contributed by atoms with van der Waals surface area (Å²) in [5, 5.41) is 15.1. The van der Waals surface area contributed by atoms with Gasteiger partial charge in [-0.15, -0.1) is 0 Å². The number of anilines is 1. The first-order valence-electron chi connectivity index (χ1n) is 7.83. The molecule has 0 bridgehead atoms. The summed E-state index contributed by atoms with van der Waals surface area (Å²) in [4.78, 5) is 34.0. The molecule has 1 saturated heterocycles. The second-order valence-corrected chi connectivity index (χ2v) is 7.60. The molecule has 2 unspecified atom stereocenters. The van der Waals surface area contributed by atoms with Crippen molar-refractivity contribution in [2.45, 2.75) is 36.3 Å². The van der Waals surface area contributed by atoms with Gasteiger partial charge in [0.25, 0.3) is 5.91 Å². The molecule has 3 heterocycles. The smallest absolute Gasteiger partial charge is 0.330 e. The van der Waals surface area contributed by atoms with Crippen molar-refractivity contribution in [2.24, 2.45) is 0 Å². The summed E-state index contributed by atoms with van der Waals surface area (Å²) in [5.74, 6) is 0.722. The fraction of sp³-hybridized carbons (Fsp3) is 0.375. The van der Waals surface area contributed by atoms with Gasteiger partial charge in [-0.05, 0) is 34.6 Å². The van der Waals surface area contributed by atoms with Crippen LogP contribution in [-0.2, 0) is 37.5 Å². The Bertz CT molecular complexity index is 742. The number of aliphatic hydroxyl groups is 1. The largest absolute Gasteiger partial charge is 0.388 e. The Morgan fingerprint density at radius 3 is 2.85 bits per heavy atom. The summed E-state index contributed by atoms with van der Waals surface area (Å²) >= 11 is 2.95. The van der Waals surface area contributed by atoms with Crippen molar-refractivity contribution in [1.29, 1.82) is 0 Å². The maximum atomic E-state index is 12.1. The first-order valence-corrected chi connectivity index (χ1v) is 9.63. The molecule has 3 amide bonds. The van der Waals surface area contributed by atoms with Crippen molar-refractivity contribution in [3.8, 4) is 0 Å². The number of carbonyl (C=O) groups excluding carboxylic acids is 2. The van der Waals surface area contributed by atoms with E-state index >= 15 is 0 Å². The van der Waals surface area contributed by atoms with E-state index in [4.69, 9.17) is 0 Å². The van der Waals surface area contributed by atoms with Crippen LogP contribution in [0, 0.1) is 5.38 Å². The summed E-state index contributed by atoms with van der Waals surface area (Å²) in [6.45, 7) is 1.87. The van der Waals surface area contributed by atoms with Crippen LogP contribution in [0.3, 0.4) is 0 Å². The number of carbonyl (C=O) groups is 2. The summed E-state index contributed by atoms with van der Waals surface area (Å²) in [7, 11) is 0. The van der Waals surface area contributed by atoms with Gasteiger partial charge in [0.2, 0.25) is 0 Å². The summed E-state index contributed by atoms with van der Waals surface area (Å²) < 4.78 is 0.882. The molecule has 10 heteroatoms. The average Bonchev–Trinajstić information content (AvgIpc) is 3.23. The minimum Gasteiger partial charge on any atom is -0.388 e. The Morgan fingerprint density at radius 1 is 1.42 bits per heavy atom. The zero-order chi connectivity index (χ0) is 17.8. The maximum absolute atomic E-state index is 12.1. The Hall–Kier alpha value is -0.866. The quantitative estimate of drug-likeness (QED) is 0.370. The number of hydrogen-bond donors (Lipinski definition) is 2. The number of aliphatic hydroxyl groups excluding tert-OH is 1. The second-order valence-electron chi connectivity index (χ2n) is 5.44. The van der Waals surface area contributed by atoms with E-state index in [2.05, 4.69) is 20.7 Å². The van der Waals surface area contributed by atoms with E-state index in [0.29, 0.717) is 30.0 Å². The van der Waals surface area contributed by atoms with Gasteiger partial charge in [0.15, 0.2) is 0 Å². The predicted octanol–water partition coefficient (Wildman–Crippen LogP) is 2.39. The number of amides is 3. The van der Waals surface area contributed by atoms with E-state index in [0.717, 1.165) is 4.34 Å². The molecular weight excluding hydrogens is 449 g/mol. The maximum Gasteiger partial charge on any atom is 0.330 e. The molecule has 1 aliphatic rings. The Morgan fingerprint density at radius 2 is 2.23 bits per heavy atom. The number of nitrogens with zero attached hydrogens (tertiary/aromatic N) is 3. The number of rotatable bonds is 7. The first kappa shape index (κ1) is 21.4. The van der Waals surface area contributed by atoms with E-state index in [1.54, 1.807) is 18.3 Å². The molecule has 7 nitrogen and oxygen atoms in total. The molecule has 1 fully saturated rings. The summed E-state index contributed by atoms with van der Waals surface area (Å²) in [6, 6.07) is 2.31. The fourth-order valence-corrected chi connectivity index (χ4v) is 4.10. The monoisotopic (exact) mass is 466 g/mol. The number of aromatic nitrogens is 2. The minimum absolute atomic E-state index is 0. The van der Waals surface area contributed by atoms with Crippen LogP contribution in [0.15, 0.2) is 28.9 Å². The van der Waals surface area contributed by atoms with Gasteiger partial charge in [0, 0.05) is 38.9 Å². The van der Waals surface area contributed by atoms with Crippen molar-refractivity contribution in [3.05, 3.63) is 35.5 Å². The van der Waals surface area contributed by atoms with E-state index in [1.807, 2.05) is 6.92 Å². The van der Waals surface area contributed by atoms with Crippen molar-refractivity contribution in [3.63, 3.8) is 0 Å². The Labute approximate surface area is 184 Å². The van der Waals surface area contributed by atoms with Gasteiger partial charge in [-0.25, -0.2) is 9.78 Å². The van der Waals surface area contributed by atoms with Crippen LogP contribution in [0.2, 0.25) is 0 Å². The third-order valence-corrected chi connectivity index (χ3v) is 5.74. The zero-order valence-corrected chi connectivity index (χ0v) is 18.6. The number of thiazole rings is 1. The number of imide groups is 1. The molecule has 0 aliphatic carbocycles. The van der Waals surface area contributed by atoms with Crippen LogP contribution in [0.25, 0.3) is 0 Å². The Kier molecular flexibility index (Phi) is 8.16. The standard InChI is InChI=1S/C16H17N4O3S2.Y/c1-2-12(21)10-3-4-13(18-9-10)20-11(14(22)19-15(20)23)5-7-24-16-17-6-8-25-16;/h3-4,6,9,11-12,21H,2,5,7H2,1H3,(H,19,22,23);/q-1;. The van der Waals surface area contributed by atoms with E-state index in [-0.39, 0.29) is 38.6 Å². The van der Waals surface area contributed by atoms with Gasteiger partial charge in [0.1, 0.15) is 11.9 Å². The molecule has 2 aromatic heterocycles. The van der Waals surface area contributed by atoms with Crippen LogP contribution in [0.1, 0.15) is 31.4 Å². The number of nitrogens with one attached hydrogen (secondary N) is 1. The molecule has 0 aromatic carbocycles. The predicted molar refractivity (Wildman–Crippen MR) is 95.6 cm³/mol. The molecule has 2 aromatic rings. The van der Waals surface area contributed by atoms with E-state index < -0.39 is 18.2 Å². The van der Waals surface area contributed by atoms with Crippen molar-refractivity contribution < 1.29 is 47.4 Å². The third-order valence-electron chi connectivity index (χ3n) is 3.84. The van der Waals surface area contributed by atoms with Gasteiger partial charge in [0.05, 0.1) is 6.10 Å². The normalized spacial score (nSPS) is 17.8. The average molecular weight is 466 g/mol.